The summed E-state index contributed by atoms with van der Waals surface area (Å²) in [5.41, 5.74) is 2.97. The molecule has 0 aliphatic carbocycles. The molecule has 146 valence electrons. The molecular formula is C22H25N3O2S. The van der Waals surface area contributed by atoms with Crippen LogP contribution in [0, 0.1) is 6.92 Å². The standard InChI is InChI=1S/C22H25N3O2S/c1-3-27-19-12-8-7-11-18(19)15-24-21(26)20-16(2)25-22(28-20)23-14-13-17-9-5-4-6-10-17/h4-12H,3,13-15H2,1-2H3,(H,23,25)(H,24,26). The van der Waals surface area contributed by atoms with Gasteiger partial charge in [0.1, 0.15) is 10.6 Å². The number of hydrogen-bond acceptors (Lipinski definition) is 5. The minimum absolute atomic E-state index is 0.114. The molecule has 3 aromatic rings. The maximum Gasteiger partial charge on any atom is 0.263 e. The predicted octanol–water partition coefficient (Wildman–Crippen LogP) is 4.43. The number of nitrogens with one attached hydrogen (secondary N) is 2. The van der Waals surface area contributed by atoms with Crippen LogP contribution in [0.25, 0.3) is 0 Å². The van der Waals surface area contributed by atoms with Gasteiger partial charge in [0.25, 0.3) is 5.91 Å². The Morgan fingerprint density at radius 3 is 2.64 bits per heavy atom. The van der Waals surface area contributed by atoms with E-state index in [9.17, 15) is 4.79 Å². The number of carbonyl (C=O) groups excluding carboxylic acids is 1. The number of aromatic nitrogens is 1. The van der Waals surface area contributed by atoms with Crippen molar-refractivity contribution in [3.8, 4) is 5.75 Å². The number of amides is 1. The average Bonchev–Trinajstić information content (AvgIpc) is 3.09. The molecule has 0 aliphatic rings. The fourth-order valence-electron chi connectivity index (χ4n) is 2.84. The van der Waals surface area contributed by atoms with Gasteiger partial charge in [0.15, 0.2) is 5.13 Å². The summed E-state index contributed by atoms with van der Waals surface area (Å²) in [7, 11) is 0. The average molecular weight is 396 g/mol. The van der Waals surface area contributed by atoms with Gasteiger partial charge in [-0.15, -0.1) is 0 Å². The van der Waals surface area contributed by atoms with Gasteiger partial charge in [-0.1, -0.05) is 59.9 Å². The number of thiazole rings is 1. The van der Waals surface area contributed by atoms with Gasteiger partial charge in [0.05, 0.1) is 12.3 Å². The van der Waals surface area contributed by atoms with Crippen molar-refractivity contribution in [2.75, 3.05) is 18.5 Å². The number of carbonyl (C=O) groups is 1. The number of ether oxygens (including phenoxy) is 1. The maximum absolute atomic E-state index is 12.6. The minimum atomic E-state index is -0.114. The van der Waals surface area contributed by atoms with Crippen LogP contribution in [-0.4, -0.2) is 24.0 Å². The summed E-state index contributed by atoms with van der Waals surface area (Å²) in [6.45, 7) is 5.60. The third-order valence-corrected chi connectivity index (χ3v) is 5.36. The monoisotopic (exact) mass is 395 g/mol. The second kappa shape index (κ2) is 9.90. The zero-order valence-electron chi connectivity index (χ0n) is 16.2. The van der Waals surface area contributed by atoms with Crippen molar-refractivity contribution in [2.45, 2.75) is 26.8 Å². The minimum Gasteiger partial charge on any atom is -0.494 e. The second-order valence-electron chi connectivity index (χ2n) is 6.32. The maximum atomic E-state index is 12.6. The number of rotatable bonds is 9. The van der Waals surface area contributed by atoms with Crippen molar-refractivity contribution in [3.05, 3.63) is 76.3 Å². The summed E-state index contributed by atoms with van der Waals surface area (Å²) in [6.07, 6.45) is 0.912. The smallest absolute Gasteiger partial charge is 0.263 e. The van der Waals surface area contributed by atoms with E-state index in [-0.39, 0.29) is 5.91 Å². The molecule has 0 spiro atoms. The molecule has 5 nitrogen and oxygen atoms in total. The highest BCUT2D eigenvalue weighted by Gasteiger charge is 2.15. The third kappa shape index (κ3) is 5.33. The quantitative estimate of drug-likeness (QED) is 0.562. The Morgan fingerprint density at radius 2 is 1.86 bits per heavy atom. The van der Waals surface area contributed by atoms with Crippen LogP contribution in [0.1, 0.15) is 33.4 Å². The Bertz CT molecular complexity index is 909. The highest BCUT2D eigenvalue weighted by molar-refractivity contribution is 7.17. The zero-order chi connectivity index (χ0) is 19.8. The lowest BCUT2D eigenvalue weighted by Gasteiger charge is -2.10. The fourth-order valence-corrected chi connectivity index (χ4v) is 3.75. The number of para-hydroxylation sites is 1. The summed E-state index contributed by atoms with van der Waals surface area (Å²) in [4.78, 5) is 17.7. The first-order valence-corrected chi connectivity index (χ1v) is 10.2. The lowest BCUT2D eigenvalue weighted by Crippen LogP contribution is -2.23. The van der Waals surface area contributed by atoms with E-state index in [4.69, 9.17) is 4.74 Å². The molecule has 3 rings (SSSR count). The van der Waals surface area contributed by atoms with Gasteiger partial charge in [-0.05, 0) is 31.9 Å². The first-order chi connectivity index (χ1) is 13.7. The van der Waals surface area contributed by atoms with Gasteiger partial charge in [-0.2, -0.15) is 0 Å². The highest BCUT2D eigenvalue weighted by atomic mass is 32.1. The lowest BCUT2D eigenvalue weighted by atomic mass is 10.2. The molecule has 2 N–H and O–H groups in total. The Labute approximate surface area is 169 Å². The number of benzene rings is 2. The molecule has 28 heavy (non-hydrogen) atoms. The number of hydrogen-bond donors (Lipinski definition) is 2. The van der Waals surface area contributed by atoms with Gasteiger partial charge in [-0.3, -0.25) is 4.79 Å². The number of anilines is 1. The van der Waals surface area contributed by atoms with Crippen molar-refractivity contribution >= 4 is 22.4 Å². The van der Waals surface area contributed by atoms with Crippen LogP contribution in [0.3, 0.4) is 0 Å². The lowest BCUT2D eigenvalue weighted by molar-refractivity contribution is 0.0954. The summed E-state index contributed by atoms with van der Waals surface area (Å²) in [6, 6.07) is 18.0. The molecule has 1 amide bonds. The SMILES string of the molecule is CCOc1ccccc1CNC(=O)c1sc(NCCc2ccccc2)nc1C. The molecule has 1 aromatic heterocycles. The van der Waals surface area contributed by atoms with Crippen LogP contribution in [-0.2, 0) is 13.0 Å². The Balaban J connectivity index is 1.56. The second-order valence-corrected chi connectivity index (χ2v) is 7.32. The van der Waals surface area contributed by atoms with Crippen molar-refractivity contribution in [1.29, 1.82) is 0 Å². The third-order valence-electron chi connectivity index (χ3n) is 4.25. The molecule has 0 bridgehead atoms. The first-order valence-electron chi connectivity index (χ1n) is 9.41. The summed E-state index contributed by atoms with van der Waals surface area (Å²) in [5, 5.41) is 7.06. The number of nitrogens with zero attached hydrogens (tertiary/aromatic N) is 1. The molecule has 0 aliphatic heterocycles. The normalized spacial score (nSPS) is 10.5. The molecule has 6 heteroatoms. The van der Waals surface area contributed by atoms with Gasteiger partial charge in [-0.25, -0.2) is 4.98 Å². The van der Waals surface area contributed by atoms with E-state index in [0.717, 1.165) is 35.1 Å². The molecule has 2 aromatic carbocycles. The zero-order valence-corrected chi connectivity index (χ0v) is 17.0. The van der Waals surface area contributed by atoms with Crippen molar-refractivity contribution < 1.29 is 9.53 Å². The van der Waals surface area contributed by atoms with Crippen molar-refractivity contribution in [3.63, 3.8) is 0 Å². The summed E-state index contributed by atoms with van der Waals surface area (Å²) < 4.78 is 5.61. The van der Waals surface area contributed by atoms with Gasteiger partial charge in [0, 0.05) is 18.7 Å². The van der Waals surface area contributed by atoms with Crippen LogP contribution in [0.2, 0.25) is 0 Å². The van der Waals surface area contributed by atoms with Crippen molar-refractivity contribution in [2.24, 2.45) is 0 Å². The summed E-state index contributed by atoms with van der Waals surface area (Å²) in [5.74, 6) is 0.687. The molecule has 0 saturated heterocycles. The summed E-state index contributed by atoms with van der Waals surface area (Å²) >= 11 is 1.39. The van der Waals surface area contributed by atoms with E-state index in [1.165, 1.54) is 16.9 Å². The van der Waals surface area contributed by atoms with Gasteiger partial charge in [0.2, 0.25) is 0 Å². The topological polar surface area (TPSA) is 63.2 Å². The highest BCUT2D eigenvalue weighted by Crippen LogP contribution is 2.23. The van der Waals surface area contributed by atoms with E-state index in [1.54, 1.807) is 0 Å². The molecular weight excluding hydrogens is 370 g/mol. The molecule has 0 fully saturated rings. The fraction of sp³-hybridized carbons (Fsp3) is 0.273. The van der Waals surface area contributed by atoms with E-state index >= 15 is 0 Å². The van der Waals surface area contributed by atoms with Crippen LogP contribution >= 0.6 is 11.3 Å². The molecule has 0 saturated carbocycles. The van der Waals surface area contributed by atoms with Gasteiger partial charge >= 0.3 is 0 Å². The largest absolute Gasteiger partial charge is 0.494 e. The molecule has 0 atom stereocenters. The first kappa shape index (κ1) is 19.9. The van der Waals surface area contributed by atoms with Gasteiger partial charge < -0.3 is 15.4 Å². The molecule has 1 heterocycles. The Kier molecular flexibility index (Phi) is 7.03. The van der Waals surface area contributed by atoms with E-state index in [2.05, 4.69) is 27.8 Å². The number of aryl methyl sites for hydroxylation is 1. The van der Waals surface area contributed by atoms with E-state index < -0.39 is 0 Å². The van der Waals surface area contributed by atoms with Crippen LogP contribution in [0.4, 0.5) is 5.13 Å². The Hall–Kier alpha value is -2.86. The van der Waals surface area contributed by atoms with Crippen LogP contribution in [0.5, 0.6) is 5.75 Å². The van der Waals surface area contributed by atoms with Crippen LogP contribution < -0.4 is 15.4 Å². The van der Waals surface area contributed by atoms with Crippen LogP contribution in [0.15, 0.2) is 54.6 Å². The predicted molar refractivity (Wildman–Crippen MR) is 114 cm³/mol. The van der Waals surface area contributed by atoms with E-state index in [1.807, 2.05) is 56.3 Å². The van der Waals surface area contributed by atoms with E-state index in [0.29, 0.717) is 18.0 Å². The Morgan fingerprint density at radius 1 is 1.11 bits per heavy atom. The molecule has 0 radical (unpaired) electrons. The molecule has 0 unspecified atom stereocenters. The van der Waals surface area contributed by atoms with Crippen molar-refractivity contribution in [1.82, 2.24) is 10.3 Å².